The molecule has 0 spiro atoms. The number of aryl methyl sites for hydroxylation is 1. The summed E-state index contributed by atoms with van der Waals surface area (Å²) in [5, 5.41) is 0.664. The molecule has 1 aliphatic rings. The van der Waals surface area contributed by atoms with E-state index in [0.717, 1.165) is 43.1 Å². The second-order valence-electron chi connectivity index (χ2n) is 6.62. The number of ether oxygens (including phenoxy) is 2. The third kappa shape index (κ3) is 5.07. The molecule has 1 fully saturated rings. The molecule has 0 N–H and O–H groups in total. The largest absolute Gasteiger partial charge is 0.497 e. The lowest BCUT2D eigenvalue weighted by Gasteiger charge is -2.24. The first kappa shape index (κ1) is 19.4. The van der Waals surface area contributed by atoms with Crippen LogP contribution in [0.5, 0.6) is 11.5 Å². The molecule has 2 aromatic rings. The molecule has 2 aromatic carbocycles. The fourth-order valence-corrected chi connectivity index (χ4v) is 3.45. The molecule has 144 valence electrons. The summed E-state index contributed by atoms with van der Waals surface area (Å²) in [4.78, 5) is 16.8. The lowest BCUT2D eigenvalue weighted by Crippen LogP contribution is -2.38. The summed E-state index contributed by atoms with van der Waals surface area (Å²) >= 11 is 5.96. The summed E-state index contributed by atoms with van der Waals surface area (Å²) < 4.78 is 10.9. The zero-order chi connectivity index (χ0) is 19.2. The second-order valence-corrected chi connectivity index (χ2v) is 7.05. The number of benzene rings is 2. The summed E-state index contributed by atoms with van der Waals surface area (Å²) in [6, 6.07) is 13.5. The monoisotopic (exact) mass is 388 g/mol. The van der Waals surface area contributed by atoms with Crippen molar-refractivity contribution in [1.82, 2.24) is 4.90 Å². The highest BCUT2D eigenvalue weighted by molar-refractivity contribution is 6.30. The first-order valence-electron chi connectivity index (χ1n) is 9.12. The van der Waals surface area contributed by atoms with Crippen molar-refractivity contribution in [1.29, 1.82) is 0 Å². The first-order chi connectivity index (χ1) is 13.1. The molecule has 0 radical (unpaired) electrons. The van der Waals surface area contributed by atoms with Gasteiger partial charge in [0.15, 0.2) is 6.61 Å². The molecule has 1 saturated heterocycles. The molecule has 0 aromatic heterocycles. The fraction of sp³-hybridized carbons (Fsp3) is 0.381. The van der Waals surface area contributed by atoms with Crippen LogP contribution in [0.25, 0.3) is 0 Å². The molecule has 5 nitrogen and oxygen atoms in total. The van der Waals surface area contributed by atoms with E-state index in [1.54, 1.807) is 19.2 Å². The molecule has 3 rings (SSSR count). The highest BCUT2D eigenvalue weighted by Gasteiger charge is 2.20. The van der Waals surface area contributed by atoms with Gasteiger partial charge in [0.05, 0.1) is 7.11 Å². The molecular formula is C21H25ClN2O3. The summed E-state index contributed by atoms with van der Waals surface area (Å²) in [6.07, 6.45) is 0.928. The number of hydrogen-bond acceptors (Lipinski definition) is 4. The Labute approximate surface area is 165 Å². The Morgan fingerprint density at radius 1 is 1.07 bits per heavy atom. The second kappa shape index (κ2) is 9.00. The van der Waals surface area contributed by atoms with Gasteiger partial charge in [0.2, 0.25) is 0 Å². The maximum absolute atomic E-state index is 12.6. The van der Waals surface area contributed by atoms with E-state index in [-0.39, 0.29) is 12.5 Å². The molecule has 0 saturated carbocycles. The molecule has 1 heterocycles. The van der Waals surface area contributed by atoms with Crippen LogP contribution in [0.3, 0.4) is 0 Å². The molecule has 0 unspecified atom stereocenters. The Bertz CT molecular complexity index is 779. The Hall–Kier alpha value is -2.40. The molecule has 27 heavy (non-hydrogen) atoms. The average Bonchev–Trinajstić information content (AvgIpc) is 2.93. The number of rotatable bonds is 5. The van der Waals surface area contributed by atoms with E-state index in [1.165, 1.54) is 0 Å². The van der Waals surface area contributed by atoms with Gasteiger partial charge in [0.1, 0.15) is 11.5 Å². The highest BCUT2D eigenvalue weighted by Crippen LogP contribution is 2.22. The van der Waals surface area contributed by atoms with Gasteiger partial charge in [-0.1, -0.05) is 11.6 Å². The number of anilines is 1. The Kier molecular flexibility index (Phi) is 6.45. The van der Waals surface area contributed by atoms with Crippen LogP contribution < -0.4 is 14.4 Å². The van der Waals surface area contributed by atoms with Crippen LogP contribution in [0, 0.1) is 6.92 Å². The number of methoxy groups -OCH3 is 1. The number of amides is 1. The van der Waals surface area contributed by atoms with Crippen LogP contribution in [0.2, 0.25) is 5.02 Å². The van der Waals surface area contributed by atoms with E-state index in [0.29, 0.717) is 17.3 Å². The van der Waals surface area contributed by atoms with Gasteiger partial charge in [-0.3, -0.25) is 4.79 Å². The minimum atomic E-state index is 0.0148. The molecule has 0 atom stereocenters. The normalized spacial score (nSPS) is 14.6. The average molecular weight is 389 g/mol. The summed E-state index contributed by atoms with van der Waals surface area (Å²) in [5.74, 6) is 1.56. The van der Waals surface area contributed by atoms with E-state index in [4.69, 9.17) is 21.1 Å². The minimum Gasteiger partial charge on any atom is -0.497 e. The van der Waals surface area contributed by atoms with E-state index in [9.17, 15) is 4.79 Å². The van der Waals surface area contributed by atoms with Crippen LogP contribution in [0.15, 0.2) is 42.5 Å². The maximum atomic E-state index is 12.6. The van der Waals surface area contributed by atoms with Crippen LogP contribution in [-0.4, -0.2) is 50.7 Å². The van der Waals surface area contributed by atoms with Crippen LogP contribution in [-0.2, 0) is 4.79 Å². The third-order valence-corrected chi connectivity index (χ3v) is 5.01. The van der Waals surface area contributed by atoms with Crippen molar-refractivity contribution in [2.45, 2.75) is 13.3 Å². The smallest absolute Gasteiger partial charge is 0.260 e. The summed E-state index contributed by atoms with van der Waals surface area (Å²) in [5.41, 5.74) is 2.08. The Morgan fingerprint density at radius 3 is 2.56 bits per heavy atom. The van der Waals surface area contributed by atoms with Gasteiger partial charge in [-0.2, -0.15) is 0 Å². The maximum Gasteiger partial charge on any atom is 0.260 e. The number of hydrogen-bond donors (Lipinski definition) is 0. The van der Waals surface area contributed by atoms with Crippen LogP contribution in [0.1, 0.15) is 12.0 Å². The third-order valence-electron chi connectivity index (χ3n) is 4.77. The van der Waals surface area contributed by atoms with Gasteiger partial charge in [0, 0.05) is 36.9 Å². The topological polar surface area (TPSA) is 42.0 Å². The van der Waals surface area contributed by atoms with Gasteiger partial charge in [-0.15, -0.1) is 0 Å². The quantitative estimate of drug-likeness (QED) is 0.781. The molecule has 1 aliphatic heterocycles. The standard InChI is InChI=1S/C21H25ClN2O3/c1-16-14-17(22)4-9-20(16)27-15-21(25)24-11-3-10-23(12-13-24)18-5-7-19(26-2)8-6-18/h4-9,14H,3,10-13,15H2,1-2H3. The number of carbonyl (C=O) groups excluding carboxylic acids is 1. The number of carbonyl (C=O) groups is 1. The molecule has 1 amide bonds. The van der Waals surface area contributed by atoms with Crippen molar-refractivity contribution < 1.29 is 14.3 Å². The molecular weight excluding hydrogens is 364 g/mol. The van der Waals surface area contributed by atoms with Gasteiger partial charge >= 0.3 is 0 Å². The zero-order valence-electron chi connectivity index (χ0n) is 15.8. The molecule has 6 heteroatoms. The number of halogens is 1. The minimum absolute atomic E-state index is 0.0148. The van der Waals surface area contributed by atoms with Crippen molar-refractivity contribution in [3.8, 4) is 11.5 Å². The van der Waals surface area contributed by atoms with Gasteiger partial charge < -0.3 is 19.3 Å². The van der Waals surface area contributed by atoms with Crippen molar-refractivity contribution in [2.24, 2.45) is 0 Å². The predicted octanol–water partition coefficient (Wildman–Crippen LogP) is 3.77. The Morgan fingerprint density at radius 2 is 1.85 bits per heavy atom. The van der Waals surface area contributed by atoms with Crippen molar-refractivity contribution in [2.75, 3.05) is 44.8 Å². The van der Waals surface area contributed by atoms with Crippen molar-refractivity contribution in [3.05, 3.63) is 53.1 Å². The van der Waals surface area contributed by atoms with E-state index < -0.39 is 0 Å². The summed E-state index contributed by atoms with van der Waals surface area (Å²) in [7, 11) is 1.66. The van der Waals surface area contributed by atoms with Gasteiger partial charge in [0.25, 0.3) is 5.91 Å². The first-order valence-corrected chi connectivity index (χ1v) is 9.50. The zero-order valence-corrected chi connectivity index (χ0v) is 16.5. The molecule has 0 bridgehead atoms. The fourth-order valence-electron chi connectivity index (χ4n) is 3.22. The lowest BCUT2D eigenvalue weighted by atomic mass is 10.2. The van der Waals surface area contributed by atoms with E-state index in [2.05, 4.69) is 17.0 Å². The van der Waals surface area contributed by atoms with Crippen LogP contribution >= 0.6 is 11.6 Å². The van der Waals surface area contributed by atoms with Crippen LogP contribution in [0.4, 0.5) is 5.69 Å². The van der Waals surface area contributed by atoms with Crippen molar-refractivity contribution >= 4 is 23.2 Å². The van der Waals surface area contributed by atoms with E-state index in [1.807, 2.05) is 30.0 Å². The predicted molar refractivity (Wildman–Crippen MR) is 108 cm³/mol. The molecule has 0 aliphatic carbocycles. The Balaban J connectivity index is 1.54. The lowest BCUT2D eigenvalue weighted by molar-refractivity contribution is -0.133. The van der Waals surface area contributed by atoms with Crippen molar-refractivity contribution in [3.63, 3.8) is 0 Å². The van der Waals surface area contributed by atoms with E-state index >= 15 is 0 Å². The highest BCUT2D eigenvalue weighted by atomic mass is 35.5. The number of nitrogens with zero attached hydrogens (tertiary/aromatic N) is 2. The van der Waals surface area contributed by atoms with Gasteiger partial charge in [-0.05, 0) is 61.4 Å². The van der Waals surface area contributed by atoms with Gasteiger partial charge in [-0.25, -0.2) is 0 Å². The summed E-state index contributed by atoms with van der Waals surface area (Å²) in [6.45, 7) is 5.13. The SMILES string of the molecule is COc1ccc(N2CCCN(C(=O)COc3ccc(Cl)cc3C)CC2)cc1.